The lowest BCUT2D eigenvalue weighted by Gasteiger charge is -2.13. The van der Waals surface area contributed by atoms with Gasteiger partial charge in [0.1, 0.15) is 11.6 Å². The third-order valence-corrected chi connectivity index (χ3v) is 3.51. The van der Waals surface area contributed by atoms with Crippen molar-refractivity contribution in [1.82, 2.24) is 0 Å². The maximum absolute atomic E-state index is 13.0. The number of hydrogen-bond acceptors (Lipinski definition) is 1. The molecule has 3 heteroatoms. The van der Waals surface area contributed by atoms with Crippen molar-refractivity contribution in [2.24, 2.45) is 5.92 Å². The number of benzene rings is 1. The highest BCUT2D eigenvalue weighted by Crippen LogP contribution is 2.20. The number of carbonyl (C=O) groups is 1. The Hall–Kier alpha value is -0.890. The van der Waals surface area contributed by atoms with Crippen LogP contribution in [0.2, 0.25) is 5.02 Å². The van der Waals surface area contributed by atoms with Crippen LogP contribution in [-0.2, 0) is 11.2 Å². The molecule has 0 N–H and O–H groups in total. The summed E-state index contributed by atoms with van der Waals surface area (Å²) in [6.07, 6.45) is 4.34. The highest BCUT2D eigenvalue weighted by atomic mass is 35.5. The number of carbonyl (C=O) groups excluding carboxylic acids is 1. The summed E-state index contributed by atoms with van der Waals surface area (Å²) < 4.78 is 13.0. The molecule has 0 saturated carbocycles. The molecule has 0 saturated heterocycles. The summed E-state index contributed by atoms with van der Waals surface area (Å²) in [4.78, 5) is 12.1. The van der Waals surface area contributed by atoms with Crippen molar-refractivity contribution in [3.05, 3.63) is 34.6 Å². The van der Waals surface area contributed by atoms with E-state index in [9.17, 15) is 9.18 Å². The molecule has 1 nitrogen and oxygen atoms in total. The second-order valence-corrected chi connectivity index (χ2v) is 5.05. The standard InChI is InChI=1S/C15H20ClFO/c1-3-5-6-12(4-2)15(18)10-11-7-8-14(17)13(16)9-11/h7-9,12H,3-6,10H2,1-2H3. The zero-order chi connectivity index (χ0) is 13.5. The van der Waals surface area contributed by atoms with Gasteiger partial charge in [-0.3, -0.25) is 4.79 Å². The highest BCUT2D eigenvalue weighted by molar-refractivity contribution is 6.30. The molecule has 1 rings (SSSR count). The zero-order valence-electron chi connectivity index (χ0n) is 11.0. The third kappa shape index (κ3) is 4.41. The van der Waals surface area contributed by atoms with Gasteiger partial charge in [0.25, 0.3) is 0 Å². The minimum absolute atomic E-state index is 0.0851. The Morgan fingerprint density at radius 3 is 2.67 bits per heavy atom. The molecule has 0 aromatic heterocycles. The lowest BCUT2D eigenvalue weighted by atomic mass is 9.91. The largest absolute Gasteiger partial charge is 0.299 e. The monoisotopic (exact) mass is 270 g/mol. The molecule has 1 unspecified atom stereocenters. The molecule has 0 spiro atoms. The number of unbranched alkanes of at least 4 members (excludes halogenated alkanes) is 1. The normalized spacial score (nSPS) is 12.4. The lowest BCUT2D eigenvalue weighted by molar-refractivity contribution is -0.122. The van der Waals surface area contributed by atoms with Crippen LogP contribution in [0.3, 0.4) is 0 Å². The first-order chi connectivity index (χ1) is 8.58. The summed E-state index contributed by atoms with van der Waals surface area (Å²) in [5.74, 6) is -0.0895. The first kappa shape index (κ1) is 15.2. The van der Waals surface area contributed by atoms with Gasteiger partial charge < -0.3 is 0 Å². The van der Waals surface area contributed by atoms with E-state index >= 15 is 0 Å². The molecule has 1 aromatic carbocycles. The number of Topliss-reactive ketones (excluding diaryl/α,β-unsaturated/α-hetero) is 1. The van der Waals surface area contributed by atoms with Crippen molar-refractivity contribution in [2.75, 3.05) is 0 Å². The number of ketones is 1. The van der Waals surface area contributed by atoms with Gasteiger partial charge in [-0.25, -0.2) is 4.39 Å². The quantitative estimate of drug-likeness (QED) is 0.695. The first-order valence-electron chi connectivity index (χ1n) is 6.55. The molecule has 1 atom stereocenters. The highest BCUT2D eigenvalue weighted by Gasteiger charge is 2.16. The Balaban J connectivity index is 2.64. The predicted molar refractivity (Wildman–Crippen MR) is 73.4 cm³/mol. The van der Waals surface area contributed by atoms with Gasteiger partial charge in [-0.05, 0) is 30.5 Å². The fourth-order valence-corrected chi connectivity index (χ4v) is 2.24. The molecule has 100 valence electrons. The zero-order valence-corrected chi connectivity index (χ0v) is 11.8. The van der Waals surface area contributed by atoms with E-state index < -0.39 is 5.82 Å². The molecular formula is C15H20ClFO. The molecule has 0 aliphatic carbocycles. The Morgan fingerprint density at radius 2 is 2.11 bits per heavy atom. The topological polar surface area (TPSA) is 17.1 Å². The number of halogens is 2. The summed E-state index contributed by atoms with van der Waals surface area (Å²) in [5.41, 5.74) is 0.793. The van der Waals surface area contributed by atoms with Crippen LogP contribution in [0.5, 0.6) is 0 Å². The molecule has 18 heavy (non-hydrogen) atoms. The minimum Gasteiger partial charge on any atom is -0.299 e. The molecule has 0 radical (unpaired) electrons. The van der Waals surface area contributed by atoms with Gasteiger partial charge in [-0.2, -0.15) is 0 Å². The second kappa shape index (κ2) is 7.52. The van der Waals surface area contributed by atoms with Gasteiger partial charge in [0.2, 0.25) is 0 Å². The lowest BCUT2D eigenvalue weighted by Crippen LogP contribution is -2.16. The van der Waals surface area contributed by atoms with E-state index in [4.69, 9.17) is 11.6 Å². The Labute approximate surface area is 113 Å². The predicted octanol–water partition coefficient (Wildman–Crippen LogP) is 4.81. The minimum atomic E-state index is -0.439. The van der Waals surface area contributed by atoms with E-state index in [-0.39, 0.29) is 16.7 Å². The van der Waals surface area contributed by atoms with Crippen LogP contribution in [0.25, 0.3) is 0 Å². The van der Waals surface area contributed by atoms with E-state index in [2.05, 4.69) is 6.92 Å². The molecule has 0 aliphatic heterocycles. The number of rotatable bonds is 7. The van der Waals surface area contributed by atoms with Crippen LogP contribution < -0.4 is 0 Å². The van der Waals surface area contributed by atoms with Crippen LogP contribution in [0.1, 0.15) is 45.1 Å². The van der Waals surface area contributed by atoms with Crippen molar-refractivity contribution in [1.29, 1.82) is 0 Å². The Kier molecular flexibility index (Phi) is 6.34. The van der Waals surface area contributed by atoms with E-state index in [0.717, 1.165) is 31.2 Å². The van der Waals surface area contributed by atoms with Crippen molar-refractivity contribution in [2.45, 2.75) is 46.0 Å². The van der Waals surface area contributed by atoms with Gasteiger partial charge in [0, 0.05) is 12.3 Å². The van der Waals surface area contributed by atoms with Gasteiger partial charge >= 0.3 is 0 Å². The molecule has 0 aliphatic rings. The van der Waals surface area contributed by atoms with E-state index in [1.165, 1.54) is 6.07 Å². The molecule has 0 amide bonds. The van der Waals surface area contributed by atoms with Crippen LogP contribution in [0.15, 0.2) is 18.2 Å². The summed E-state index contributed by atoms with van der Waals surface area (Å²) in [6, 6.07) is 4.49. The molecule has 0 heterocycles. The second-order valence-electron chi connectivity index (χ2n) is 4.64. The van der Waals surface area contributed by atoms with Crippen LogP contribution >= 0.6 is 11.6 Å². The molecular weight excluding hydrogens is 251 g/mol. The fraction of sp³-hybridized carbons (Fsp3) is 0.533. The third-order valence-electron chi connectivity index (χ3n) is 3.22. The number of hydrogen-bond donors (Lipinski definition) is 0. The van der Waals surface area contributed by atoms with Gasteiger partial charge in [-0.1, -0.05) is 44.4 Å². The Bertz CT molecular complexity index is 403. The molecule has 0 fully saturated rings. The summed E-state index contributed by atoms with van der Waals surface area (Å²) >= 11 is 5.71. The van der Waals surface area contributed by atoms with Gasteiger partial charge in [0.05, 0.1) is 5.02 Å². The van der Waals surface area contributed by atoms with Crippen molar-refractivity contribution in [3.8, 4) is 0 Å². The van der Waals surface area contributed by atoms with E-state index in [0.29, 0.717) is 6.42 Å². The SMILES string of the molecule is CCCCC(CC)C(=O)Cc1ccc(F)c(Cl)c1. The fourth-order valence-electron chi connectivity index (χ4n) is 2.04. The smallest absolute Gasteiger partial charge is 0.141 e. The summed E-state index contributed by atoms with van der Waals surface area (Å²) in [7, 11) is 0. The average Bonchev–Trinajstić information content (AvgIpc) is 2.35. The first-order valence-corrected chi connectivity index (χ1v) is 6.92. The van der Waals surface area contributed by atoms with Crippen molar-refractivity contribution < 1.29 is 9.18 Å². The maximum atomic E-state index is 13.0. The van der Waals surface area contributed by atoms with Crippen molar-refractivity contribution in [3.63, 3.8) is 0 Å². The van der Waals surface area contributed by atoms with E-state index in [1.54, 1.807) is 12.1 Å². The molecule has 1 aromatic rings. The summed E-state index contributed by atoms with van der Waals surface area (Å²) in [5, 5.41) is 0.0851. The average molecular weight is 271 g/mol. The molecule has 0 bridgehead atoms. The maximum Gasteiger partial charge on any atom is 0.141 e. The van der Waals surface area contributed by atoms with Gasteiger partial charge in [-0.15, -0.1) is 0 Å². The van der Waals surface area contributed by atoms with E-state index in [1.807, 2.05) is 6.92 Å². The van der Waals surface area contributed by atoms with Crippen molar-refractivity contribution >= 4 is 17.4 Å². The summed E-state index contributed by atoms with van der Waals surface area (Å²) in [6.45, 7) is 4.16. The van der Waals surface area contributed by atoms with Crippen LogP contribution in [0, 0.1) is 11.7 Å². The Morgan fingerprint density at radius 1 is 1.39 bits per heavy atom. The van der Waals surface area contributed by atoms with Gasteiger partial charge in [0.15, 0.2) is 0 Å². The van der Waals surface area contributed by atoms with Crippen LogP contribution in [0.4, 0.5) is 4.39 Å². The van der Waals surface area contributed by atoms with Crippen LogP contribution in [-0.4, -0.2) is 5.78 Å².